The Kier molecular flexibility index (Phi) is 9.86. The van der Waals surface area contributed by atoms with Gasteiger partial charge in [-0.3, -0.25) is 14.6 Å². The van der Waals surface area contributed by atoms with E-state index in [4.69, 9.17) is 27.9 Å². The monoisotopic (exact) mass is 647 g/mol. The zero-order valence-electron chi connectivity index (χ0n) is 22.6. The van der Waals surface area contributed by atoms with Crippen molar-refractivity contribution in [3.63, 3.8) is 0 Å². The van der Waals surface area contributed by atoms with Gasteiger partial charge in [0.1, 0.15) is 11.6 Å². The first-order chi connectivity index (χ1) is 19.4. The molecule has 0 atom stereocenters. The summed E-state index contributed by atoms with van der Waals surface area (Å²) in [6, 6.07) is 16.2. The Hall–Kier alpha value is -2.36. The largest absolute Gasteiger partial charge is 0.497 e. The molecule has 2 aromatic carbocycles. The van der Waals surface area contributed by atoms with E-state index in [1.807, 2.05) is 24.3 Å². The highest BCUT2D eigenvalue weighted by molar-refractivity contribution is 9.10. The van der Waals surface area contributed by atoms with E-state index in [-0.39, 0.29) is 7.33 Å². The first-order valence-corrected chi connectivity index (χ1v) is 15.2. The number of amides is 1. The number of aromatic nitrogens is 1. The van der Waals surface area contributed by atoms with Gasteiger partial charge >= 0.3 is 0 Å². The topological polar surface area (TPSA) is 60.9 Å². The Labute approximate surface area is 256 Å². The number of ether oxygens (including phenoxy) is 1. The van der Waals surface area contributed by atoms with Gasteiger partial charge in [-0.1, -0.05) is 41.4 Å². The summed E-state index contributed by atoms with van der Waals surface area (Å²) in [6.07, 6.45) is 4.05. The molecule has 40 heavy (non-hydrogen) atoms. The van der Waals surface area contributed by atoms with Gasteiger partial charge in [0.15, 0.2) is 0 Å². The molecule has 214 valence electrons. The lowest BCUT2D eigenvalue weighted by Crippen LogP contribution is -2.53. The molecule has 2 aliphatic rings. The normalized spacial score (nSPS) is 17.1. The predicted octanol–water partition coefficient (Wildman–Crippen LogP) is 6.12. The Morgan fingerprint density at radius 2 is 1.70 bits per heavy atom. The van der Waals surface area contributed by atoms with Crippen molar-refractivity contribution in [3.8, 4) is 5.75 Å². The number of hydrogen-bond donors (Lipinski definition) is 1. The van der Waals surface area contributed by atoms with Crippen molar-refractivity contribution in [1.29, 1.82) is 0 Å². The maximum atomic E-state index is 12.7. The minimum atomic E-state index is -0.186. The number of nitrogens with one attached hydrogen (secondary N) is 1. The molecule has 5 rings (SSSR count). The van der Waals surface area contributed by atoms with Gasteiger partial charge in [-0.2, -0.15) is 0 Å². The van der Waals surface area contributed by atoms with Crippen molar-refractivity contribution in [2.75, 3.05) is 51.3 Å². The van der Waals surface area contributed by atoms with Crippen molar-refractivity contribution >= 4 is 50.9 Å². The zero-order chi connectivity index (χ0) is 28.1. The average Bonchev–Trinajstić information content (AvgIpc) is 2.98. The Balaban J connectivity index is 0.00000387. The van der Waals surface area contributed by atoms with Gasteiger partial charge in [-0.25, -0.2) is 4.98 Å². The van der Waals surface area contributed by atoms with Crippen LogP contribution in [0.3, 0.4) is 0 Å². The van der Waals surface area contributed by atoms with E-state index < -0.39 is 0 Å². The first kappa shape index (κ1) is 29.1. The van der Waals surface area contributed by atoms with Crippen LogP contribution in [0.15, 0.2) is 59.2 Å². The Morgan fingerprint density at radius 3 is 2.35 bits per heavy atom. The number of halogens is 3. The van der Waals surface area contributed by atoms with Crippen LogP contribution in [0, 0.1) is 0 Å². The molecule has 1 amide bonds. The lowest BCUT2D eigenvalue weighted by Gasteiger charge is -2.43. The fraction of sp³-hybridized carbons (Fsp3) is 0.400. The van der Waals surface area contributed by atoms with Gasteiger partial charge in [0, 0.05) is 52.9 Å². The predicted molar refractivity (Wildman–Crippen MR) is 167 cm³/mol. The Morgan fingerprint density at radius 1 is 1.00 bits per heavy atom. The fourth-order valence-electron chi connectivity index (χ4n) is 5.45. The molecule has 0 unspecified atom stereocenters. The molecule has 2 aliphatic heterocycles. The highest BCUT2D eigenvalue weighted by atomic mass is 79.9. The summed E-state index contributed by atoms with van der Waals surface area (Å²) in [7, 11) is 1.70. The molecule has 3 aromatic rings. The van der Waals surface area contributed by atoms with Crippen molar-refractivity contribution in [3.05, 3.63) is 85.9 Å². The quantitative estimate of drug-likeness (QED) is 0.318. The lowest BCUT2D eigenvalue weighted by atomic mass is 10.0. The number of carbonyl (C=O) groups is 1. The number of methoxy groups -OCH3 is 1. The molecule has 7 nitrogen and oxygen atoms in total. The van der Waals surface area contributed by atoms with Gasteiger partial charge < -0.3 is 15.0 Å². The van der Waals surface area contributed by atoms with Crippen LogP contribution in [0.2, 0.25) is 10.0 Å². The summed E-state index contributed by atoms with van der Waals surface area (Å²) in [5.41, 5.74) is 2.73. The van der Waals surface area contributed by atoms with Crippen LogP contribution in [0.1, 0.15) is 35.8 Å². The van der Waals surface area contributed by atoms with Gasteiger partial charge in [0.25, 0.3) is 5.91 Å². The maximum absolute atomic E-state index is 12.7. The van der Waals surface area contributed by atoms with E-state index in [0.717, 1.165) is 67.4 Å². The van der Waals surface area contributed by atoms with Crippen LogP contribution in [-0.4, -0.2) is 73.1 Å². The van der Waals surface area contributed by atoms with Crippen LogP contribution < -0.4 is 15.0 Å². The van der Waals surface area contributed by atoms with Crippen LogP contribution in [0.5, 0.6) is 5.75 Å². The van der Waals surface area contributed by atoms with E-state index in [2.05, 4.69) is 53.1 Å². The summed E-state index contributed by atoms with van der Waals surface area (Å²) >= 11 is 15.7. The highest BCUT2D eigenvalue weighted by Crippen LogP contribution is 2.28. The molecule has 0 radical (unpaired) electrons. The molecule has 3 heterocycles. The lowest BCUT2D eigenvalue weighted by molar-refractivity contribution is 0.0950. The number of rotatable bonds is 8. The molecule has 0 spiro atoms. The van der Waals surface area contributed by atoms with Crippen LogP contribution in [0.25, 0.3) is 0 Å². The molecule has 0 saturated carbocycles. The number of likely N-dealkylation sites (tertiary alicyclic amines) is 1. The second-order valence-electron chi connectivity index (χ2n) is 10.3. The molecule has 1 N–H and O–H groups in total. The van der Waals surface area contributed by atoms with E-state index in [1.165, 1.54) is 18.4 Å². The number of hydrogen-bond acceptors (Lipinski definition) is 6. The zero-order valence-corrected chi connectivity index (χ0v) is 25.7. The summed E-state index contributed by atoms with van der Waals surface area (Å²) in [6.45, 7) is 7.47. The maximum Gasteiger partial charge on any atom is 0.253 e. The third-order valence-corrected chi connectivity index (χ3v) is 9.10. The summed E-state index contributed by atoms with van der Waals surface area (Å²) in [5, 5.41) is 3.88. The third-order valence-electron chi connectivity index (χ3n) is 7.77. The molecule has 1 aromatic heterocycles. The Bertz CT molecular complexity index is 1320. The van der Waals surface area contributed by atoms with Gasteiger partial charge in [0.05, 0.1) is 27.2 Å². The highest BCUT2D eigenvalue weighted by Gasteiger charge is 2.28. The number of carbonyl (C=O) groups excluding carboxylic acids is 1. The van der Waals surface area contributed by atoms with Crippen LogP contribution in [0.4, 0.5) is 5.82 Å². The molecular weight excluding hydrogens is 613 g/mol. The van der Waals surface area contributed by atoms with Gasteiger partial charge in [-0.05, 0) is 83.3 Å². The molecule has 2 saturated heterocycles. The second kappa shape index (κ2) is 13.5. The van der Waals surface area contributed by atoms with Crippen molar-refractivity contribution < 1.29 is 11.0 Å². The molecule has 0 aliphatic carbocycles. The molecule has 2 fully saturated rings. The van der Waals surface area contributed by atoms with Gasteiger partial charge in [-0.15, -0.1) is 0 Å². The third kappa shape index (κ3) is 7.28. The van der Waals surface area contributed by atoms with E-state index in [9.17, 15) is 4.79 Å². The van der Waals surface area contributed by atoms with E-state index in [1.54, 1.807) is 25.4 Å². The number of benzene rings is 2. The number of anilines is 1. The number of piperazine rings is 1. The van der Waals surface area contributed by atoms with Crippen LogP contribution in [-0.2, 0) is 13.1 Å². The minimum Gasteiger partial charge on any atom is -0.497 e. The standard InChI is InChI=1S/C30H34BrCl2N5O2.H2/c1-40-25-5-2-21(3-6-25)20-36-10-8-24(9-11-36)37-12-14-38(15-13-37)29-26(31)17-23(19-34-29)30(39)35-18-22-4-7-27(32)28(33)16-22;/h2-7,16-17,19,24H,8-15,18,20H2,1H3,(H,35,39);1H. The molecule has 0 bridgehead atoms. The first-order valence-electron chi connectivity index (χ1n) is 13.6. The second-order valence-corrected chi connectivity index (χ2v) is 12.0. The minimum absolute atomic E-state index is 0. The van der Waals surface area contributed by atoms with E-state index in [0.29, 0.717) is 28.2 Å². The SMILES string of the molecule is COc1ccc(CN2CCC(N3CCN(c4ncc(C(=O)NCc5ccc(Cl)c(Cl)c5)cc4Br)CC3)CC2)cc1.[HH]. The fourth-order valence-corrected chi connectivity index (χ4v) is 6.37. The van der Waals surface area contributed by atoms with Crippen LogP contribution >= 0.6 is 39.1 Å². The smallest absolute Gasteiger partial charge is 0.253 e. The van der Waals surface area contributed by atoms with Crippen molar-refractivity contribution in [1.82, 2.24) is 20.1 Å². The van der Waals surface area contributed by atoms with E-state index >= 15 is 0 Å². The number of piperidine rings is 1. The summed E-state index contributed by atoms with van der Waals surface area (Å²) in [4.78, 5) is 24.9. The summed E-state index contributed by atoms with van der Waals surface area (Å²) < 4.78 is 6.10. The molecular formula is C30H36BrCl2N5O2. The summed E-state index contributed by atoms with van der Waals surface area (Å²) in [5.74, 6) is 1.60. The van der Waals surface area contributed by atoms with Gasteiger partial charge in [0.2, 0.25) is 0 Å². The average molecular weight is 649 g/mol. The van der Waals surface area contributed by atoms with Crippen molar-refractivity contribution in [2.45, 2.75) is 32.0 Å². The van der Waals surface area contributed by atoms with Crippen molar-refractivity contribution in [2.24, 2.45) is 0 Å². The molecule has 10 heteroatoms. The number of pyridine rings is 1. The number of nitrogens with zero attached hydrogens (tertiary/aromatic N) is 4.